The fourth-order valence-corrected chi connectivity index (χ4v) is 2.39. The van der Waals surface area contributed by atoms with E-state index >= 15 is 0 Å². The molecule has 0 unspecified atom stereocenters. The Morgan fingerprint density at radius 3 is 2.04 bits per heavy atom. The minimum Gasteiger partial charge on any atom is -0.496 e. The number of hydrogen-bond acceptors (Lipinski definition) is 5. The number of alkyl halides is 2. The Labute approximate surface area is 132 Å². The van der Waals surface area contributed by atoms with Crippen LogP contribution in [-0.2, 0) is 15.5 Å². The van der Waals surface area contributed by atoms with Gasteiger partial charge in [-0.25, -0.2) is 0 Å². The van der Waals surface area contributed by atoms with Gasteiger partial charge in [-0.1, -0.05) is 0 Å². The molecule has 1 aliphatic heterocycles. The first-order valence-electron chi connectivity index (χ1n) is 7.01. The Hall–Kier alpha value is -2.09. The molecule has 23 heavy (non-hydrogen) atoms. The summed E-state index contributed by atoms with van der Waals surface area (Å²) in [5, 5.41) is 0. The largest absolute Gasteiger partial charge is 0.496 e. The monoisotopic (exact) mass is 331 g/mol. The van der Waals surface area contributed by atoms with Crippen molar-refractivity contribution in [1.82, 2.24) is 4.90 Å². The zero-order valence-corrected chi connectivity index (χ0v) is 13.2. The number of hydrogen-bond donors (Lipinski definition) is 0. The van der Waals surface area contributed by atoms with Crippen LogP contribution in [0, 0.1) is 0 Å². The third kappa shape index (κ3) is 3.31. The van der Waals surface area contributed by atoms with E-state index in [0.29, 0.717) is 0 Å². The summed E-state index contributed by atoms with van der Waals surface area (Å²) >= 11 is 0. The molecule has 1 aliphatic rings. The molecule has 1 aromatic rings. The van der Waals surface area contributed by atoms with Gasteiger partial charge in [0.05, 0.1) is 34.5 Å². The number of methoxy groups -OCH3 is 3. The molecule has 128 valence electrons. The summed E-state index contributed by atoms with van der Waals surface area (Å²) in [7, 11) is 3.88. The highest BCUT2D eigenvalue weighted by atomic mass is 19.3. The highest BCUT2D eigenvalue weighted by molar-refractivity contribution is 5.87. The second kappa shape index (κ2) is 6.99. The number of halogens is 2. The van der Waals surface area contributed by atoms with Crippen molar-refractivity contribution in [2.75, 3.05) is 47.6 Å². The predicted octanol–water partition coefficient (Wildman–Crippen LogP) is 1.66. The quantitative estimate of drug-likeness (QED) is 0.821. The first-order chi connectivity index (χ1) is 11.0. The lowest BCUT2D eigenvalue weighted by Crippen LogP contribution is -2.47. The maximum absolute atomic E-state index is 14.8. The van der Waals surface area contributed by atoms with Crippen molar-refractivity contribution in [1.29, 1.82) is 0 Å². The Balaban J connectivity index is 2.46. The minimum absolute atomic E-state index is 0.120. The van der Waals surface area contributed by atoms with Gasteiger partial charge in [-0.05, 0) is 0 Å². The van der Waals surface area contributed by atoms with Crippen molar-refractivity contribution in [3.63, 3.8) is 0 Å². The van der Waals surface area contributed by atoms with Crippen molar-refractivity contribution in [3.8, 4) is 17.2 Å². The molecule has 0 bridgehead atoms. The molecule has 1 amide bonds. The van der Waals surface area contributed by atoms with E-state index in [9.17, 15) is 13.6 Å². The molecule has 1 fully saturated rings. The molecule has 0 aliphatic carbocycles. The molecule has 6 nitrogen and oxygen atoms in total. The maximum atomic E-state index is 14.8. The van der Waals surface area contributed by atoms with Crippen LogP contribution in [0.1, 0.15) is 5.56 Å². The van der Waals surface area contributed by atoms with Gasteiger partial charge in [0.25, 0.3) is 5.91 Å². The average Bonchev–Trinajstić information content (AvgIpc) is 2.60. The van der Waals surface area contributed by atoms with E-state index in [2.05, 4.69) is 0 Å². The standard InChI is InChI=1S/C15H19F2NO5/c1-20-10-8-11(21-2)13(12(9-10)22-3)15(16,17)14(19)18-4-6-23-7-5-18/h8-9H,4-7H2,1-3H3. The SMILES string of the molecule is COc1cc(OC)c(C(F)(F)C(=O)N2CCOCC2)c(OC)c1. The smallest absolute Gasteiger partial charge is 0.357 e. The van der Waals surface area contributed by atoms with Crippen LogP contribution in [0.2, 0.25) is 0 Å². The number of benzene rings is 1. The highest BCUT2D eigenvalue weighted by Crippen LogP contribution is 2.45. The average molecular weight is 331 g/mol. The van der Waals surface area contributed by atoms with Crippen molar-refractivity contribution < 1.29 is 32.5 Å². The normalized spacial score (nSPS) is 15.3. The number of rotatable bonds is 5. The van der Waals surface area contributed by atoms with Gasteiger partial charge >= 0.3 is 5.92 Å². The van der Waals surface area contributed by atoms with E-state index in [0.717, 1.165) is 4.90 Å². The van der Waals surface area contributed by atoms with E-state index < -0.39 is 17.4 Å². The van der Waals surface area contributed by atoms with E-state index in [1.54, 1.807) is 0 Å². The molecule has 0 radical (unpaired) electrons. The lowest BCUT2D eigenvalue weighted by atomic mass is 10.0. The Kier molecular flexibility index (Phi) is 5.25. The van der Waals surface area contributed by atoms with Crippen LogP contribution in [-0.4, -0.2) is 58.4 Å². The third-order valence-electron chi connectivity index (χ3n) is 3.60. The van der Waals surface area contributed by atoms with Crippen LogP contribution in [0.25, 0.3) is 0 Å². The zero-order valence-electron chi connectivity index (χ0n) is 13.2. The number of morpholine rings is 1. The number of nitrogens with zero attached hydrogens (tertiary/aromatic N) is 1. The van der Waals surface area contributed by atoms with Crippen molar-refractivity contribution >= 4 is 5.91 Å². The number of ether oxygens (including phenoxy) is 4. The molecule has 1 heterocycles. The Morgan fingerprint density at radius 1 is 1.09 bits per heavy atom. The molecule has 2 rings (SSSR count). The first-order valence-corrected chi connectivity index (χ1v) is 7.01. The summed E-state index contributed by atoms with van der Waals surface area (Å²) in [6, 6.07) is 2.58. The predicted molar refractivity (Wildman–Crippen MR) is 77.4 cm³/mol. The van der Waals surface area contributed by atoms with Crippen molar-refractivity contribution in [2.24, 2.45) is 0 Å². The molecule has 0 spiro atoms. The van der Waals surface area contributed by atoms with Gasteiger partial charge in [0, 0.05) is 25.2 Å². The van der Waals surface area contributed by atoms with Gasteiger partial charge in [-0.15, -0.1) is 0 Å². The second-order valence-corrected chi connectivity index (χ2v) is 4.89. The van der Waals surface area contributed by atoms with Crippen LogP contribution in [0.4, 0.5) is 8.78 Å². The summed E-state index contributed by atoms with van der Waals surface area (Å²) in [5.74, 6) is -5.15. The van der Waals surface area contributed by atoms with Gasteiger partial charge in [0.2, 0.25) is 0 Å². The fourth-order valence-electron chi connectivity index (χ4n) is 2.39. The third-order valence-corrected chi connectivity index (χ3v) is 3.60. The number of amides is 1. The van der Waals surface area contributed by atoms with E-state index in [4.69, 9.17) is 18.9 Å². The summed E-state index contributed by atoms with van der Waals surface area (Å²) in [5.41, 5.74) is -0.611. The van der Waals surface area contributed by atoms with Crippen LogP contribution in [0.3, 0.4) is 0 Å². The highest BCUT2D eigenvalue weighted by Gasteiger charge is 2.48. The molecule has 1 saturated heterocycles. The molecule has 0 aromatic heterocycles. The fraction of sp³-hybridized carbons (Fsp3) is 0.533. The lowest BCUT2D eigenvalue weighted by molar-refractivity contribution is -0.163. The van der Waals surface area contributed by atoms with Gasteiger partial charge in [-0.3, -0.25) is 4.79 Å². The first kappa shape index (κ1) is 17.3. The van der Waals surface area contributed by atoms with Gasteiger partial charge in [0.15, 0.2) is 0 Å². The van der Waals surface area contributed by atoms with Gasteiger partial charge in [0.1, 0.15) is 22.8 Å². The number of carbonyl (C=O) groups is 1. The van der Waals surface area contributed by atoms with Gasteiger partial charge in [-0.2, -0.15) is 8.78 Å². The molecule has 0 saturated carbocycles. The van der Waals surface area contributed by atoms with E-state index in [1.165, 1.54) is 33.5 Å². The maximum Gasteiger partial charge on any atom is 0.357 e. The molecular formula is C15H19F2NO5. The second-order valence-electron chi connectivity index (χ2n) is 4.89. The Bertz CT molecular complexity index is 548. The molecular weight excluding hydrogens is 312 g/mol. The van der Waals surface area contributed by atoms with Gasteiger partial charge < -0.3 is 23.8 Å². The topological polar surface area (TPSA) is 57.2 Å². The van der Waals surface area contributed by atoms with E-state index in [1.807, 2.05) is 0 Å². The zero-order chi connectivity index (χ0) is 17.0. The van der Waals surface area contributed by atoms with Crippen molar-refractivity contribution in [3.05, 3.63) is 17.7 Å². The van der Waals surface area contributed by atoms with Crippen LogP contribution in [0.15, 0.2) is 12.1 Å². The van der Waals surface area contributed by atoms with Crippen LogP contribution in [0.5, 0.6) is 17.2 Å². The van der Waals surface area contributed by atoms with Crippen LogP contribution >= 0.6 is 0 Å². The summed E-state index contributed by atoms with van der Waals surface area (Å²) in [6.07, 6.45) is 0. The molecule has 0 atom stereocenters. The Morgan fingerprint density at radius 2 is 1.61 bits per heavy atom. The molecule has 1 aromatic carbocycles. The van der Waals surface area contributed by atoms with E-state index in [-0.39, 0.29) is 43.6 Å². The lowest BCUT2D eigenvalue weighted by Gasteiger charge is -2.31. The number of carbonyl (C=O) groups excluding carboxylic acids is 1. The molecule has 8 heteroatoms. The van der Waals surface area contributed by atoms with Crippen molar-refractivity contribution in [2.45, 2.75) is 5.92 Å². The summed E-state index contributed by atoms with van der Waals surface area (Å²) < 4.78 is 49.8. The van der Waals surface area contributed by atoms with Crippen LogP contribution < -0.4 is 14.2 Å². The summed E-state index contributed by atoms with van der Waals surface area (Å²) in [6.45, 7) is 0.710. The summed E-state index contributed by atoms with van der Waals surface area (Å²) in [4.78, 5) is 13.4. The molecule has 0 N–H and O–H groups in total. The minimum atomic E-state index is -3.79.